The third-order valence-electron chi connectivity index (χ3n) is 5.81. The molecule has 0 saturated carbocycles. The van der Waals surface area contributed by atoms with E-state index in [-0.39, 0.29) is 11.8 Å². The lowest BCUT2D eigenvalue weighted by atomic mass is 9.95. The van der Waals surface area contributed by atoms with E-state index in [0.29, 0.717) is 6.54 Å². The number of piperidine rings is 1. The molecule has 0 N–H and O–H groups in total. The van der Waals surface area contributed by atoms with Crippen molar-refractivity contribution in [1.29, 1.82) is 0 Å². The van der Waals surface area contributed by atoms with Crippen LogP contribution < -0.4 is 4.90 Å². The number of benzene rings is 2. The van der Waals surface area contributed by atoms with Crippen LogP contribution in [0.25, 0.3) is 11.3 Å². The van der Waals surface area contributed by atoms with Gasteiger partial charge in [-0.2, -0.15) is 0 Å². The highest BCUT2D eigenvalue weighted by Crippen LogP contribution is 2.26. The van der Waals surface area contributed by atoms with Crippen molar-refractivity contribution < 1.29 is 4.79 Å². The fourth-order valence-corrected chi connectivity index (χ4v) is 4.00. The third kappa shape index (κ3) is 4.67. The molecule has 3 aromatic rings. The minimum absolute atomic E-state index is 0.0772. The highest BCUT2D eigenvalue weighted by Gasteiger charge is 2.28. The number of rotatable bonds is 5. The first kappa shape index (κ1) is 20.1. The van der Waals surface area contributed by atoms with Crippen molar-refractivity contribution in [2.75, 3.05) is 25.0 Å². The van der Waals surface area contributed by atoms with Crippen LogP contribution in [0.15, 0.2) is 67.0 Å². The molecule has 0 unspecified atom stereocenters. The average Bonchev–Trinajstić information content (AvgIpc) is 2.80. The second kappa shape index (κ2) is 9.08. The van der Waals surface area contributed by atoms with Crippen LogP contribution in [0.3, 0.4) is 0 Å². The normalized spacial score (nSPS) is 14.5. The fourth-order valence-electron chi connectivity index (χ4n) is 4.00. The molecule has 30 heavy (non-hydrogen) atoms. The number of nitrogens with zero attached hydrogens (tertiary/aromatic N) is 4. The maximum atomic E-state index is 12.9. The molecule has 154 valence electrons. The fraction of sp³-hybridized carbons (Fsp3) is 0.320. The van der Waals surface area contributed by atoms with Crippen molar-refractivity contribution in [3.05, 3.63) is 78.1 Å². The summed E-state index contributed by atoms with van der Waals surface area (Å²) < 4.78 is 0. The molecule has 0 aliphatic carbocycles. The molecule has 0 atom stereocenters. The summed E-state index contributed by atoms with van der Waals surface area (Å²) in [7, 11) is 1.90. The molecule has 5 heteroatoms. The number of hydrogen-bond acceptors (Lipinski definition) is 4. The van der Waals surface area contributed by atoms with Crippen molar-refractivity contribution >= 4 is 11.7 Å². The van der Waals surface area contributed by atoms with Gasteiger partial charge in [0.05, 0.1) is 5.69 Å². The summed E-state index contributed by atoms with van der Waals surface area (Å²) in [6, 6.07) is 20.6. The number of hydrogen-bond donors (Lipinski definition) is 0. The lowest BCUT2D eigenvalue weighted by Crippen LogP contribution is -2.41. The monoisotopic (exact) mass is 400 g/mol. The van der Waals surface area contributed by atoms with Crippen LogP contribution in [0.2, 0.25) is 0 Å². The molecule has 0 spiro atoms. The maximum absolute atomic E-state index is 12.9. The molecule has 0 bridgehead atoms. The van der Waals surface area contributed by atoms with E-state index in [1.807, 2.05) is 36.2 Å². The van der Waals surface area contributed by atoms with E-state index in [1.165, 1.54) is 5.56 Å². The zero-order chi connectivity index (χ0) is 20.9. The van der Waals surface area contributed by atoms with Crippen LogP contribution in [0.1, 0.15) is 24.0 Å². The van der Waals surface area contributed by atoms with Gasteiger partial charge in [-0.15, -0.1) is 0 Å². The van der Waals surface area contributed by atoms with Crippen molar-refractivity contribution in [2.45, 2.75) is 26.3 Å². The first-order valence-electron chi connectivity index (χ1n) is 10.5. The average molecular weight is 401 g/mol. The van der Waals surface area contributed by atoms with Crippen LogP contribution in [0.5, 0.6) is 0 Å². The minimum Gasteiger partial charge on any atom is -0.356 e. The van der Waals surface area contributed by atoms with Gasteiger partial charge in [-0.25, -0.2) is 9.97 Å². The smallest absolute Gasteiger partial charge is 0.225 e. The van der Waals surface area contributed by atoms with Gasteiger partial charge in [0, 0.05) is 44.2 Å². The topological polar surface area (TPSA) is 49.3 Å². The Balaban J connectivity index is 1.37. The van der Waals surface area contributed by atoms with Gasteiger partial charge in [-0.05, 0) is 25.3 Å². The molecule has 1 saturated heterocycles. The Bertz CT molecular complexity index is 980. The predicted octanol–water partition coefficient (Wildman–Crippen LogP) is 4.33. The predicted molar refractivity (Wildman–Crippen MR) is 120 cm³/mol. The van der Waals surface area contributed by atoms with Gasteiger partial charge in [-0.1, -0.05) is 60.2 Å². The molecule has 1 amide bonds. The van der Waals surface area contributed by atoms with Crippen molar-refractivity contribution in [3.63, 3.8) is 0 Å². The second-order valence-electron chi connectivity index (χ2n) is 8.07. The van der Waals surface area contributed by atoms with Gasteiger partial charge >= 0.3 is 0 Å². The molecule has 5 nitrogen and oxygen atoms in total. The molecule has 1 aliphatic heterocycles. The summed E-state index contributed by atoms with van der Waals surface area (Å²) >= 11 is 0. The van der Waals surface area contributed by atoms with E-state index in [9.17, 15) is 4.79 Å². The highest BCUT2D eigenvalue weighted by atomic mass is 16.2. The molecule has 2 heterocycles. The number of aromatic nitrogens is 2. The first-order valence-corrected chi connectivity index (χ1v) is 10.5. The number of amides is 1. The molecule has 4 rings (SSSR count). The largest absolute Gasteiger partial charge is 0.356 e. The maximum Gasteiger partial charge on any atom is 0.225 e. The molecule has 1 aliphatic rings. The summed E-state index contributed by atoms with van der Waals surface area (Å²) in [4.78, 5) is 25.9. The van der Waals surface area contributed by atoms with Gasteiger partial charge in [-0.3, -0.25) is 4.79 Å². The van der Waals surface area contributed by atoms with Crippen molar-refractivity contribution in [2.24, 2.45) is 5.92 Å². The Morgan fingerprint density at radius 2 is 1.73 bits per heavy atom. The molecular formula is C25H28N4O. The minimum atomic E-state index is 0.0772. The Kier molecular flexibility index (Phi) is 6.07. The SMILES string of the molecule is Cc1ccc(-c2cc(N3CCC(C(=O)N(C)Cc4ccccc4)CC3)ncn2)cc1. The quantitative estimate of drug-likeness (QED) is 0.640. The van der Waals surface area contributed by atoms with Gasteiger partial charge in [0.25, 0.3) is 0 Å². The van der Waals surface area contributed by atoms with Gasteiger partial charge in [0.15, 0.2) is 0 Å². The summed E-state index contributed by atoms with van der Waals surface area (Å²) in [6.45, 7) is 4.41. The van der Waals surface area contributed by atoms with E-state index in [1.54, 1.807) is 6.33 Å². The third-order valence-corrected chi connectivity index (χ3v) is 5.81. The van der Waals surface area contributed by atoms with E-state index in [4.69, 9.17) is 0 Å². The Labute approximate surface area is 178 Å². The van der Waals surface area contributed by atoms with E-state index >= 15 is 0 Å². The van der Waals surface area contributed by atoms with Gasteiger partial charge < -0.3 is 9.80 Å². The lowest BCUT2D eigenvalue weighted by Gasteiger charge is -2.34. The van der Waals surface area contributed by atoms with Crippen molar-refractivity contribution in [1.82, 2.24) is 14.9 Å². The lowest BCUT2D eigenvalue weighted by molar-refractivity contribution is -0.135. The summed E-state index contributed by atoms with van der Waals surface area (Å²) in [5.41, 5.74) is 4.42. The standard InChI is InChI=1S/C25H28N4O/c1-19-8-10-21(11-9-19)23-16-24(27-18-26-23)29-14-12-22(13-15-29)25(30)28(2)17-20-6-4-3-5-7-20/h3-11,16,18,22H,12-15,17H2,1-2H3. The zero-order valence-corrected chi connectivity index (χ0v) is 17.7. The number of aryl methyl sites for hydroxylation is 1. The van der Waals surface area contributed by atoms with Crippen LogP contribution >= 0.6 is 0 Å². The highest BCUT2D eigenvalue weighted by molar-refractivity contribution is 5.79. The Hall–Kier alpha value is -3.21. The number of carbonyl (C=O) groups is 1. The van der Waals surface area contributed by atoms with Crippen LogP contribution in [0.4, 0.5) is 5.82 Å². The Morgan fingerprint density at radius 1 is 1.03 bits per heavy atom. The van der Waals surface area contributed by atoms with Gasteiger partial charge in [0.1, 0.15) is 12.1 Å². The second-order valence-corrected chi connectivity index (χ2v) is 8.07. The van der Waals surface area contributed by atoms with Crippen LogP contribution in [0, 0.1) is 12.8 Å². The number of carbonyl (C=O) groups excluding carboxylic acids is 1. The molecule has 2 aromatic carbocycles. The van der Waals surface area contributed by atoms with Crippen LogP contribution in [-0.4, -0.2) is 40.9 Å². The first-order chi connectivity index (χ1) is 14.6. The molecular weight excluding hydrogens is 372 g/mol. The Morgan fingerprint density at radius 3 is 2.43 bits per heavy atom. The summed E-state index contributed by atoms with van der Waals surface area (Å²) in [5.74, 6) is 1.25. The molecule has 1 fully saturated rings. The van der Waals surface area contributed by atoms with E-state index < -0.39 is 0 Å². The summed E-state index contributed by atoms with van der Waals surface area (Å²) in [5, 5.41) is 0. The summed E-state index contributed by atoms with van der Waals surface area (Å²) in [6.07, 6.45) is 3.33. The van der Waals surface area contributed by atoms with Crippen LogP contribution in [-0.2, 0) is 11.3 Å². The van der Waals surface area contributed by atoms with Gasteiger partial charge in [0.2, 0.25) is 5.91 Å². The van der Waals surface area contributed by atoms with E-state index in [2.05, 4.69) is 58.2 Å². The zero-order valence-electron chi connectivity index (χ0n) is 17.7. The van der Waals surface area contributed by atoms with E-state index in [0.717, 1.165) is 48.6 Å². The molecule has 0 radical (unpaired) electrons. The molecule has 1 aromatic heterocycles. The van der Waals surface area contributed by atoms with Crippen molar-refractivity contribution in [3.8, 4) is 11.3 Å². The number of anilines is 1.